The maximum absolute atomic E-state index is 13.7. The molecule has 4 rings (SSSR count). The first-order valence-corrected chi connectivity index (χ1v) is 10.9. The molecule has 0 spiro atoms. The Morgan fingerprint density at radius 3 is 2.46 bits per heavy atom. The summed E-state index contributed by atoms with van der Waals surface area (Å²) in [4.78, 5) is 0.184. The van der Waals surface area contributed by atoms with E-state index in [-0.39, 0.29) is 10.9 Å². The second-order valence-corrected chi connectivity index (χ2v) is 9.27. The van der Waals surface area contributed by atoms with Gasteiger partial charge >= 0.3 is 0 Å². The minimum absolute atomic E-state index is 0.184. The third kappa shape index (κ3) is 3.27. The maximum atomic E-state index is 13.7. The fourth-order valence-electron chi connectivity index (χ4n) is 4.03. The van der Waals surface area contributed by atoms with Crippen molar-refractivity contribution in [1.82, 2.24) is 9.46 Å². The van der Waals surface area contributed by atoms with E-state index in [4.69, 9.17) is 4.52 Å². The summed E-state index contributed by atoms with van der Waals surface area (Å²) in [6.07, 6.45) is 1.65. The Bertz CT molecular complexity index is 1080. The number of benzene rings is 2. The topological polar surface area (TPSA) is 63.4 Å². The van der Waals surface area contributed by atoms with E-state index >= 15 is 0 Å². The number of fused-ring (bicyclic) bond motifs is 1. The van der Waals surface area contributed by atoms with E-state index in [1.807, 2.05) is 49.4 Å². The van der Waals surface area contributed by atoms with E-state index in [0.717, 1.165) is 29.5 Å². The zero-order valence-corrected chi connectivity index (χ0v) is 17.2. The molecule has 6 heteroatoms. The molecule has 1 heterocycles. The van der Waals surface area contributed by atoms with Gasteiger partial charge in [0.2, 0.25) is 10.0 Å². The third-order valence-electron chi connectivity index (χ3n) is 5.44. The zero-order valence-electron chi connectivity index (χ0n) is 16.3. The van der Waals surface area contributed by atoms with Crippen LogP contribution < -0.4 is 0 Å². The van der Waals surface area contributed by atoms with Crippen molar-refractivity contribution >= 4 is 10.0 Å². The predicted molar refractivity (Wildman–Crippen MR) is 107 cm³/mol. The van der Waals surface area contributed by atoms with E-state index in [1.165, 1.54) is 5.56 Å². The van der Waals surface area contributed by atoms with Gasteiger partial charge in [0.1, 0.15) is 10.6 Å². The van der Waals surface area contributed by atoms with Crippen LogP contribution in [0.5, 0.6) is 0 Å². The van der Waals surface area contributed by atoms with Gasteiger partial charge in [0.05, 0.1) is 6.04 Å². The number of nitrogens with zero attached hydrogens (tertiary/aromatic N) is 2. The minimum atomic E-state index is -3.78. The Balaban J connectivity index is 1.81. The van der Waals surface area contributed by atoms with E-state index in [2.05, 4.69) is 11.2 Å². The number of hydrogen-bond donors (Lipinski definition) is 0. The molecule has 1 aliphatic rings. The van der Waals surface area contributed by atoms with E-state index in [1.54, 1.807) is 18.2 Å². The van der Waals surface area contributed by atoms with Gasteiger partial charge in [0, 0.05) is 6.54 Å². The van der Waals surface area contributed by atoms with Gasteiger partial charge in [0.25, 0.3) is 0 Å². The average molecular weight is 397 g/mol. The lowest BCUT2D eigenvalue weighted by atomic mass is 10.1. The van der Waals surface area contributed by atoms with Crippen LogP contribution in [0, 0.1) is 20.8 Å². The fraction of sp³-hybridized carbons (Fsp3) is 0.318. The number of aromatic nitrogens is 1. The second-order valence-electron chi connectivity index (χ2n) is 7.44. The molecule has 0 saturated carbocycles. The SMILES string of the molecule is Cc1ccc(CN([C@H]2CCc3ccccc32)S(=O)(=O)c2c(C)noc2C)cc1. The lowest BCUT2D eigenvalue weighted by Crippen LogP contribution is -2.34. The highest BCUT2D eigenvalue weighted by molar-refractivity contribution is 7.89. The number of aryl methyl sites for hydroxylation is 4. The standard InChI is InChI=1S/C22H24N2O3S/c1-15-8-10-18(11-9-15)14-24(21-13-12-19-6-4-5-7-20(19)21)28(25,26)22-16(2)23-27-17(22)3/h4-11,21H,12-14H2,1-3H3/t21-/m0/s1. The van der Waals surface area contributed by atoms with Crippen LogP contribution in [0.3, 0.4) is 0 Å². The largest absolute Gasteiger partial charge is 0.360 e. The van der Waals surface area contributed by atoms with Gasteiger partial charge in [-0.25, -0.2) is 8.42 Å². The quantitative estimate of drug-likeness (QED) is 0.638. The molecule has 0 bridgehead atoms. The van der Waals surface area contributed by atoms with Gasteiger partial charge in [-0.05, 0) is 50.3 Å². The normalized spacial score (nSPS) is 16.5. The molecule has 5 nitrogen and oxygen atoms in total. The molecule has 0 N–H and O–H groups in total. The number of hydrogen-bond acceptors (Lipinski definition) is 4. The average Bonchev–Trinajstić information content (AvgIpc) is 3.24. The number of rotatable bonds is 5. The minimum Gasteiger partial charge on any atom is -0.360 e. The first-order chi connectivity index (χ1) is 13.4. The molecule has 0 unspecified atom stereocenters. The van der Waals surface area contributed by atoms with Crippen molar-refractivity contribution < 1.29 is 12.9 Å². The van der Waals surface area contributed by atoms with Gasteiger partial charge in [0.15, 0.2) is 5.76 Å². The molecule has 1 aliphatic carbocycles. The monoisotopic (exact) mass is 396 g/mol. The lowest BCUT2D eigenvalue weighted by Gasteiger charge is -2.29. The molecule has 0 aliphatic heterocycles. The molecule has 0 saturated heterocycles. The van der Waals surface area contributed by atoms with E-state index in [9.17, 15) is 8.42 Å². The van der Waals surface area contributed by atoms with Gasteiger partial charge in [-0.15, -0.1) is 0 Å². The summed E-state index contributed by atoms with van der Waals surface area (Å²) in [6, 6.07) is 15.9. The van der Waals surface area contributed by atoms with Crippen LogP contribution in [0.1, 0.15) is 46.2 Å². The first kappa shape index (κ1) is 18.9. The summed E-state index contributed by atoms with van der Waals surface area (Å²) in [6.45, 7) is 5.66. The van der Waals surface area contributed by atoms with E-state index < -0.39 is 10.0 Å². The summed E-state index contributed by atoms with van der Waals surface area (Å²) >= 11 is 0. The van der Waals surface area contributed by atoms with Crippen LogP contribution in [0.2, 0.25) is 0 Å². The van der Waals surface area contributed by atoms with Crippen LogP contribution in [0.15, 0.2) is 57.9 Å². The second kappa shape index (κ2) is 7.18. The maximum Gasteiger partial charge on any atom is 0.249 e. The lowest BCUT2D eigenvalue weighted by molar-refractivity contribution is 0.315. The Morgan fingerprint density at radius 1 is 1.07 bits per heavy atom. The third-order valence-corrected chi connectivity index (χ3v) is 7.54. The highest BCUT2D eigenvalue weighted by Crippen LogP contribution is 2.40. The van der Waals surface area contributed by atoms with Gasteiger partial charge in [-0.2, -0.15) is 4.31 Å². The van der Waals surface area contributed by atoms with Crippen molar-refractivity contribution in [2.75, 3.05) is 0 Å². The predicted octanol–water partition coefficient (Wildman–Crippen LogP) is 4.48. The smallest absolute Gasteiger partial charge is 0.249 e. The Hall–Kier alpha value is -2.44. The Kier molecular flexibility index (Phi) is 4.85. The zero-order chi connectivity index (χ0) is 19.9. The number of sulfonamides is 1. The first-order valence-electron chi connectivity index (χ1n) is 9.46. The van der Waals surface area contributed by atoms with Crippen molar-refractivity contribution in [3.63, 3.8) is 0 Å². The van der Waals surface area contributed by atoms with Crippen molar-refractivity contribution in [3.8, 4) is 0 Å². The van der Waals surface area contributed by atoms with Gasteiger partial charge < -0.3 is 4.52 Å². The van der Waals surface area contributed by atoms with Crippen LogP contribution in [-0.4, -0.2) is 17.9 Å². The van der Waals surface area contributed by atoms with Crippen molar-refractivity contribution in [2.24, 2.45) is 0 Å². The van der Waals surface area contributed by atoms with E-state index in [0.29, 0.717) is 18.0 Å². The summed E-state index contributed by atoms with van der Waals surface area (Å²) in [5, 5.41) is 3.87. The summed E-state index contributed by atoms with van der Waals surface area (Å²) in [7, 11) is -3.78. The molecule has 1 aromatic heterocycles. The van der Waals surface area contributed by atoms with Crippen molar-refractivity contribution in [2.45, 2.75) is 51.1 Å². The molecule has 0 amide bonds. The molecule has 3 aromatic rings. The molecule has 0 fully saturated rings. The molecule has 146 valence electrons. The van der Waals surface area contributed by atoms with Crippen LogP contribution in [-0.2, 0) is 23.0 Å². The summed E-state index contributed by atoms with van der Waals surface area (Å²) < 4.78 is 34.3. The Labute approximate surface area is 166 Å². The fourth-order valence-corrected chi connectivity index (χ4v) is 5.95. The van der Waals surface area contributed by atoms with Crippen molar-refractivity contribution in [3.05, 3.63) is 82.2 Å². The van der Waals surface area contributed by atoms with Crippen LogP contribution in [0.25, 0.3) is 0 Å². The van der Waals surface area contributed by atoms with Crippen molar-refractivity contribution in [1.29, 1.82) is 0 Å². The molecular weight excluding hydrogens is 372 g/mol. The van der Waals surface area contributed by atoms with Crippen LogP contribution >= 0.6 is 0 Å². The summed E-state index contributed by atoms with van der Waals surface area (Å²) in [5.41, 5.74) is 4.82. The molecule has 0 radical (unpaired) electrons. The van der Waals surface area contributed by atoms with Gasteiger partial charge in [-0.3, -0.25) is 0 Å². The molecule has 1 atom stereocenters. The van der Waals surface area contributed by atoms with Crippen LogP contribution in [0.4, 0.5) is 0 Å². The highest BCUT2D eigenvalue weighted by Gasteiger charge is 2.39. The molecule has 2 aromatic carbocycles. The highest BCUT2D eigenvalue weighted by atomic mass is 32.2. The Morgan fingerprint density at radius 2 is 1.79 bits per heavy atom. The summed E-state index contributed by atoms with van der Waals surface area (Å²) in [5.74, 6) is 0.331. The van der Waals surface area contributed by atoms with Gasteiger partial charge in [-0.1, -0.05) is 59.3 Å². The molecule has 28 heavy (non-hydrogen) atoms. The molecular formula is C22H24N2O3S.